The largest absolute Gasteiger partial charge is 0.495 e. The van der Waals surface area contributed by atoms with Crippen molar-refractivity contribution in [2.24, 2.45) is 0 Å². The number of ether oxygens (including phenoxy) is 1. The van der Waals surface area contributed by atoms with Gasteiger partial charge in [0.05, 0.1) is 17.7 Å². The fourth-order valence-electron chi connectivity index (χ4n) is 3.03. The van der Waals surface area contributed by atoms with E-state index in [2.05, 4.69) is 10.0 Å². The first-order valence-corrected chi connectivity index (χ1v) is 11.3. The third-order valence-electron chi connectivity index (χ3n) is 5.07. The number of sulfonamides is 1. The van der Waals surface area contributed by atoms with E-state index >= 15 is 0 Å². The van der Waals surface area contributed by atoms with Gasteiger partial charge in [-0.25, -0.2) is 13.1 Å². The standard InChI is InChI=1S/C24H26N2O4S/c1-16-5-12-23(30-4)22(13-16)26-24(27)20-9-7-19(8-10-20)15-25-31(28,29)21-11-6-17(2)18(3)14-21/h5-14,25H,15H2,1-4H3,(H,26,27). The molecule has 3 aromatic rings. The minimum atomic E-state index is -3.62. The SMILES string of the molecule is COc1ccc(C)cc1NC(=O)c1ccc(CNS(=O)(=O)c2ccc(C)c(C)c2)cc1. The Labute approximate surface area is 183 Å². The molecule has 0 aliphatic heterocycles. The van der Waals surface area contributed by atoms with E-state index in [4.69, 9.17) is 4.74 Å². The Morgan fingerprint density at radius 3 is 2.26 bits per heavy atom. The third-order valence-corrected chi connectivity index (χ3v) is 6.47. The number of hydrogen-bond donors (Lipinski definition) is 2. The highest BCUT2D eigenvalue weighted by Gasteiger charge is 2.15. The fraction of sp³-hybridized carbons (Fsp3) is 0.208. The molecular weight excluding hydrogens is 412 g/mol. The molecule has 0 aliphatic carbocycles. The van der Waals surface area contributed by atoms with Crippen molar-refractivity contribution in [3.05, 3.63) is 88.5 Å². The smallest absolute Gasteiger partial charge is 0.255 e. The van der Waals surface area contributed by atoms with Gasteiger partial charge in [-0.2, -0.15) is 0 Å². The molecule has 0 bridgehead atoms. The molecule has 31 heavy (non-hydrogen) atoms. The van der Waals surface area contributed by atoms with Crippen molar-refractivity contribution in [2.75, 3.05) is 12.4 Å². The third kappa shape index (κ3) is 5.51. The van der Waals surface area contributed by atoms with Crippen LogP contribution in [0.15, 0.2) is 65.6 Å². The number of amides is 1. The van der Waals surface area contributed by atoms with Crippen LogP contribution >= 0.6 is 0 Å². The van der Waals surface area contributed by atoms with Crippen molar-refractivity contribution in [3.63, 3.8) is 0 Å². The van der Waals surface area contributed by atoms with Gasteiger partial charge in [0.1, 0.15) is 5.75 Å². The lowest BCUT2D eigenvalue weighted by Gasteiger charge is -2.12. The highest BCUT2D eigenvalue weighted by atomic mass is 32.2. The Hall–Kier alpha value is -3.16. The van der Waals surface area contributed by atoms with Crippen LogP contribution in [0.3, 0.4) is 0 Å². The van der Waals surface area contributed by atoms with Crippen molar-refractivity contribution in [1.82, 2.24) is 4.72 Å². The molecule has 3 rings (SSSR count). The van der Waals surface area contributed by atoms with Gasteiger partial charge < -0.3 is 10.1 Å². The predicted molar refractivity (Wildman–Crippen MR) is 122 cm³/mol. The second kappa shape index (κ2) is 9.32. The number of aryl methyl sites for hydroxylation is 3. The lowest BCUT2D eigenvalue weighted by molar-refractivity contribution is 0.102. The van der Waals surface area contributed by atoms with Gasteiger partial charge >= 0.3 is 0 Å². The van der Waals surface area contributed by atoms with Gasteiger partial charge in [-0.05, 0) is 79.4 Å². The van der Waals surface area contributed by atoms with Crippen molar-refractivity contribution in [1.29, 1.82) is 0 Å². The van der Waals surface area contributed by atoms with Crippen LogP contribution in [0.4, 0.5) is 5.69 Å². The van der Waals surface area contributed by atoms with Crippen LogP contribution in [0.1, 0.15) is 32.6 Å². The van der Waals surface area contributed by atoms with Gasteiger partial charge in [0.2, 0.25) is 10.0 Å². The first kappa shape index (κ1) is 22.5. The van der Waals surface area contributed by atoms with Crippen LogP contribution in [0.5, 0.6) is 5.75 Å². The summed E-state index contributed by atoms with van der Waals surface area (Å²) < 4.78 is 33.0. The molecule has 162 valence electrons. The van der Waals surface area contributed by atoms with Gasteiger partial charge in [-0.15, -0.1) is 0 Å². The predicted octanol–water partition coefficient (Wildman–Crippen LogP) is 4.35. The Kier molecular flexibility index (Phi) is 6.77. The minimum Gasteiger partial charge on any atom is -0.495 e. The summed E-state index contributed by atoms with van der Waals surface area (Å²) >= 11 is 0. The average molecular weight is 439 g/mol. The molecule has 3 aromatic carbocycles. The van der Waals surface area contributed by atoms with Crippen LogP contribution < -0.4 is 14.8 Å². The summed E-state index contributed by atoms with van der Waals surface area (Å²) in [5.74, 6) is 0.308. The lowest BCUT2D eigenvalue weighted by atomic mass is 10.1. The molecule has 0 radical (unpaired) electrons. The van der Waals surface area contributed by atoms with Gasteiger partial charge in [0.15, 0.2) is 0 Å². The first-order chi connectivity index (χ1) is 14.7. The quantitative estimate of drug-likeness (QED) is 0.574. The molecule has 0 saturated carbocycles. The highest BCUT2D eigenvalue weighted by molar-refractivity contribution is 7.89. The van der Waals surface area contributed by atoms with Gasteiger partial charge in [0, 0.05) is 12.1 Å². The molecular formula is C24H26N2O4S. The molecule has 0 spiro atoms. The maximum Gasteiger partial charge on any atom is 0.255 e. The van der Waals surface area contributed by atoms with Gasteiger partial charge in [-0.3, -0.25) is 4.79 Å². The van der Waals surface area contributed by atoms with Crippen LogP contribution in [0.2, 0.25) is 0 Å². The monoisotopic (exact) mass is 438 g/mol. The topological polar surface area (TPSA) is 84.5 Å². The number of carbonyl (C=O) groups is 1. The number of rotatable bonds is 7. The van der Waals surface area contributed by atoms with Crippen LogP contribution in [0.25, 0.3) is 0 Å². The number of methoxy groups -OCH3 is 1. The molecule has 0 aliphatic rings. The van der Waals surface area contributed by atoms with E-state index in [-0.39, 0.29) is 17.3 Å². The molecule has 0 atom stereocenters. The van der Waals surface area contributed by atoms with Crippen molar-refractivity contribution < 1.29 is 17.9 Å². The van der Waals surface area contributed by atoms with Crippen LogP contribution in [-0.4, -0.2) is 21.4 Å². The second-order valence-corrected chi connectivity index (χ2v) is 9.19. The Balaban J connectivity index is 1.67. The molecule has 1 amide bonds. The van der Waals surface area contributed by atoms with E-state index in [1.165, 1.54) is 0 Å². The van der Waals surface area contributed by atoms with E-state index in [0.29, 0.717) is 17.0 Å². The summed E-state index contributed by atoms with van der Waals surface area (Å²) in [4.78, 5) is 12.8. The number of anilines is 1. The summed E-state index contributed by atoms with van der Waals surface area (Å²) in [5, 5.41) is 2.85. The summed E-state index contributed by atoms with van der Waals surface area (Å²) in [6.07, 6.45) is 0. The Morgan fingerprint density at radius 1 is 0.903 bits per heavy atom. The van der Waals surface area contributed by atoms with E-state index < -0.39 is 10.0 Å². The van der Waals surface area contributed by atoms with Crippen molar-refractivity contribution in [3.8, 4) is 5.75 Å². The zero-order chi connectivity index (χ0) is 22.6. The number of nitrogens with one attached hydrogen (secondary N) is 2. The van der Waals surface area contributed by atoms with Gasteiger partial charge in [-0.1, -0.05) is 24.3 Å². The first-order valence-electron chi connectivity index (χ1n) is 9.81. The normalized spacial score (nSPS) is 11.2. The summed E-state index contributed by atoms with van der Waals surface area (Å²) in [5.41, 5.74) is 4.77. The fourth-order valence-corrected chi connectivity index (χ4v) is 4.13. The number of hydrogen-bond acceptors (Lipinski definition) is 4. The van der Waals surface area contributed by atoms with E-state index in [1.54, 1.807) is 55.6 Å². The van der Waals surface area contributed by atoms with E-state index in [0.717, 1.165) is 22.3 Å². The molecule has 0 aromatic heterocycles. The average Bonchev–Trinajstić information content (AvgIpc) is 2.74. The summed E-state index contributed by atoms with van der Waals surface area (Å²) in [6.45, 7) is 5.88. The zero-order valence-electron chi connectivity index (χ0n) is 18.0. The number of carbonyl (C=O) groups excluding carboxylic acids is 1. The highest BCUT2D eigenvalue weighted by Crippen LogP contribution is 2.25. The summed E-state index contributed by atoms with van der Waals surface area (Å²) in [6, 6.07) is 17.4. The van der Waals surface area contributed by atoms with Crippen LogP contribution in [-0.2, 0) is 16.6 Å². The molecule has 0 saturated heterocycles. The Bertz CT molecular complexity index is 1200. The molecule has 0 heterocycles. The van der Waals surface area contributed by atoms with E-state index in [9.17, 15) is 13.2 Å². The molecule has 6 nitrogen and oxygen atoms in total. The zero-order valence-corrected chi connectivity index (χ0v) is 18.8. The molecule has 0 fully saturated rings. The van der Waals surface area contributed by atoms with Gasteiger partial charge in [0.25, 0.3) is 5.91 Å². The maximum absolute atomic E-state index is 12.6. The Morgan fingerprint density at radius 2 is 1.61 bits per heavy atom. The molecule has 7 heteroatoms. The lowest BCUT2D eigenvalue weighted by Crippen LogP contribution is -2.23. The van der Waals surface area contributed by atoms with Crippen LogP contribution in [0, 0.1) is 20.8 Å². The summed E-state index contributed by atoms with van der Waals surface area (Å²) in [7, 11) is -2.07. The van der Waals surface area contributed by atoms with Crippen molar-refractivity contribution in [2.45, 2.75) is 32.2 Å². The van der Waals surface area contributed by atoms with E-state index in [1.807, 2.05) is 32.9 Å². The maximum atomic E-state index is 12.6. The second-order valence-electron chi connectivity index (χ2n) is 7.43. The molecule has 0 unspecified atom stereocenters. The minimum absolute atomic E-state index is 0.128. The molecule has 2 N–H and O–H groups in total. The number of benzene rings is 3. The van der Waals surface area contributed by atoms with Crippen molar-refractivity contribution >= 4 is 21.6 Å².